The largest absolute Gasteiger partial charge is 0.353 e. The van der Waals surface area contributed by atoms with E-state index in [1.54, 1.807) is 6.20 Å². The third kappa shape index (κ3) is 4.14. The molecule has 0 unspecified atom stereocenters. The van der Waals surface area contributed by atoms with Crippen molar-refractivity contribution >= 4 is 23.1 Å². The molecule has 0 radical (unpaired) electrons. The zero-order chi connectivity index (χ0) is 16.9. The molecule has 0 saturated heterocycles. The molecule has 3 rings (SSSR count). The summed E-state index contributed by atoms with van der Waals surface area (Å²) in [5.41, 5.74) is 3.16. The predicted molar refractivity (Wildman–Crippen MR) is 96.5 cm³/mol. The van der Waals surface area contributed by atoms with E-state index in [-0.39, 0.29) is 0 Å². The second kappa shape index (κ2) is 7.18. The van der Waals surface area contributed by atoms with Gasteiger partial charge in [-0.05, 0) is 43.8 Å². The summed E-state index contributed by atoms with van der Waals surface area (Å²) in [7, 11) is 0. The van der Waals surface area contributed by atoms with Crippen LogP contribution in [-0.2, 0) is 6.54 Å². The molecule has 24 heavy (non-hydrogen) atoms. The van der Waals surface area contributed by atoms with E-state index in [1.807, 2.05) is 50.2 Å². The average molecular weight is 339 g/mol. The summed E-state index contributed by atoms with van der Waals surface area (Å²) in [6, 6.07) is 11.8. The van der Waals surface area contributed by atoms with Crippen LogP contribution < -0.4 is 10.6 Å². The van der Waals surface area contributed by atoms with Crippen LogP contribution in [0.5, 0.6) is 0 Å². The van der Waals surface area contributed by atoms with E-state index < -0.39 is 0 Å². The maximum Gasteiger partial charge on any atom is 0.246 e. The van der Waals surface area contributed by atoms with E-state index in [0.717, 1.165) is 16.7 Å². The topological polar surface area (TPSA) is 75.9 Å². The van der Waals surface area contributed by atoms with Crippen LogP contribution in [0, 0.1) is 13.8 Å². The van der Waals surface area contributed by atoms with Gasteiger partial charge in [-0.2, -0.15) is 4.98 Å². The van der Waals surface area contributed by atoms with Crippen LogP contribution >= 0.6 is 12.2 Å². The van der Waals surface area contributed by atoms with Gasteiger partial charge in [0, 0.05) is 11.8 Å². The van der Waals surface area contributed by atoms with Crippen LogP contribution in [0.2, 0.25) is 0 Å². The lowest BCUT2D eigenvalue weighted by molar-refractivity contribution is 0.376. The number of rotatable bonds is 4. The first-order valence-electron chi connectivity index (χ1n) is 7.47. The van der Waals surface area contributed by atoms with E-state index in [1.165, 1.54) is 0 Å². The van der Waals surface area contributed by atoms with Gasteiger partial charge in [0.25, 0.3) is 0 Å². The molecule has 3 aromatic rings. The standard InChI is InChI=1S/C17H17N5OS/c1-11-4-3-5-13(8-11)16-21-15(23-22-16)10-19-17(24)20-14-7-6-12(2)9-18-14/h3-9H,10H2,1-2H3,(H2,18,19,20,24). The van der Waals surface area contributed by atoms with Gasteiger partial charge in [0.15, 0.2) is 5.11 Å². The minimum Gasteiger partial charge on any atom is -0.353 e. The molecule has 0 aliphatic heterocycles. The van der Waals surface area contributed by atoms with Crippen LogP contribution in [0.15, 0.2) is 47.1 Å². The Morgan fingerprint density at radius 2 is 2.04 bits per heavy atom. The molecule has 2 N–H and O–H groups in total. The first-order chi connectivity index (χ1) is 11.6. The number of aryl methyl sites for hydroxylation is 2. The summed E-state index contributed by atoms with van der Waals surface area (Å²) >= 11 is 5.23. The summed E-state index contributed by atoms with van der Waals surface area (Å²) < 4.78 is 5.25. The van der Waals surface area contributed by atoms with Gasteiger partial charge in [0.2, 0.25) is 11.7 Å². The lowest BCUT2D eigenvalue weighted by atomic mass is 10.1. The van der Waals surface area contributed by atoms with Crippen molar-refractivity contribution in [1.82, 2.24) is 20.4 Å². The Labute approximate surface area is 145 Å². The van der Waals surface area contributed by atoms with Gasteiger partial charge in [-0.1, -0.05) is 35.0 Å². The molecule has 0 saturated carbocycles. The lowest BCUT2D eigenvalue weighted by Gasteiger charge is -2.07. The number of benzene rings is 1. The molecule has 7 heteroatoms. The molecular formula is C17H17N5OS. The van der Waals surface area contributed by atoms with Crippen LogP contribution in [0.3, 0.4) is 0 Å². The van der Waals surface area contributed by atoms with Gasteiger partial charge in [0.05, 0.1) is 6.54 Å². The van der Waals surface area contributed by atoms with Crippen LogP contribution in [-0.4, -0.2) is 20.2 Å². The monoisotopic (exact) mass is 339 g/mol. The summed E-state index contributed by atoms with van der Waals surface area (Å²) in [6.07, 6.45) is 1.77. The Kier molecular flexibility index (Phi) is 4.81. The van der Waals surface area contributed by atoms with Crippen LogP contribution in [0.25, 0.3) is 11.4 Å². The number of anilines is 1. The molecule has 0 atom stereocenters. The second-order valence-electron chi connectivity index (χ2n) is 5.41. The SMILES string of the molecule is Cc1ccc(NC(=S)NCc2nc(-c3cccc(C)c3)no2)nc1. The summed E-state index contributed by atoms with van der Waals surface area (Å²) in [4.78, 5) is 8.60. The van der Waals surface area contributed by atoms with Crippen molar-refractivity contribution < 1.29 is 4.52 Å². The Bertz CT molecular complexity index is 844. The highest BCUT2D eigenvalue weighted by Crippen LogP contribution is 2.16. The van der Waals surface area contributed by atoms with Crippen molar-refractivity contribution in [3.8, 4) is 11.4 Å². The molecule has 0 fully saturated rings. The molecule has 6 nitrogen and oxygen atoms in total. The fraction of sp³-hybridized carbons (Fsp3) is 0.176. The number of hydrogen-bond acceptors (Lipinski definition) is 5. The van der Waals surface area contributed by atoms with Gasteiger partial charge in [-0.25, -0.2) is 4.98 Å². The van der Waals surface area contributed by atoms with Crippen LogP contribution in [0.1, 0.15) is 17.0 Å². The van der Waals surface area contributed by atoms with E-state index in [9.17, 15) is 0 Å². The van der Waals surface area contributed by atoms with E-state index in [0.29, 0.717) is 29.2 Å². The zero-order valence-electron chi connectivity index (χ0n) is 13.4. The lowest BCUT2D eigenvalue weighted by Crippen LogP contribution is -2.28. The van der Waals surface area contributed by atoms with E-state index >= 15 is 0 Å². The number of hydrogen-bond donors (Lipinski definition) is 2. The molecule has 0 aliphatic carbocycles. The maximum atomic E-state index is 5.25. The maximum absolute atomic E-state index is 5.25. The average Bonchev–Trinajstić information content (AvgIpc) is 3.04. The molecule has 2 heterocycles. The van der Waals surface area contributed by atoms with Crippen molar-refractivity contribution in [3.05, 3.63) is 59.6 Å². The normalized spacial score (nSPS) is 10.4. The minimum atomic E-state index is 0.344. The molecule has 122 valence electrons. The van der Waals surface area contributed by atoms with Gasteiger partial charge >= 0.3 is 0 Å². The number of nitrogens with one attached hydrogen (secondary N) is 2. The number of nitrogens with zero attached hydrogens (tertiary/aromatic N) is 3. The molecular weight excluding hydrogens is 322 g/mol. The van der Waals surface area contributed by atoms with Crippen molar-refractivity contribution in [3.63, 3.8) is 0 Å². The Balaban J connectivity index is 1.57. The minimum absolute atomic E-state index is 0.344. The van der Waals surface area contributed by atoms with Crippen LogP contribution in [0.4, 0.5) is 5.82 Å². The summed E-state index contributed by atoms with van der Waals surface area (Å²) in [5.74, 6) is 1.71. The van der Waals surface area contributed by atoms with Gasteiger partial charge in [-0.3, -0.25) is 0 Å². The predicted octanol–water partition coefficient (Wildman–Crippen LogP) is 3.24. The molecule has 0 aliphatic rings. The molecule has 0 amide bonds. The Hall–Kier alpha value is -2.80. The highest BCUT2D eigenvalue weighted by Gasteiger charge is 2.09. The third-order valence-corrected chi connectivity index (χ3v) is 3.54. The van der Waals surface area contributed by atoms with E-state index in [4.69, 9.17) is 16.7 Å². The first kappa shape index (κ1) is 16.1. The fourth-order valence-corrected chi connectivity index (χ4v) is 2.26. The molecule has 0 bridgehead atoms. The number of aromatic nitrogens is 3. The summed E-state index contributed by atoms with van der Waals surface area (Å²) in [5, 5.41) is 10.5. The second-order valence-corrected chi connectivity index (χ2v) is 5.82. The Morgan fingerprint density at radius 3 is 2.79 bits per heavy atom. The smallest absolute Gasteiger partial charge is 0.246 e. The van der Waals surface area contributed by atoms with E-state index in [2.05, 4.69) is 25.8 Å². The zero-order valence-corrected chi connectivity index (χ0v) is 14.2. The quantitative estimate of drug-likeness (QED) is 0.707. The highest BCUT2D eigenvalue weighted by atomic mass is 32.1. The number of pyridine rings is 1. The molecule has 1 aromatic carbocycles. The van der Waals surface area contributed by atoms with Crippen molar-refractivity contribution in [1.29, 1.82) is 0 Å². The van der Waals surface area contributed by atoms with Gasteiger partial charge in [0.1, 0.15) is 5.82 Å². The molecule has 2 aromatic heterocycles. The van der Waals surface area contributed by atoms with Gasteiger partial charge in [-0.15, -0.1) is 0 Å². The Morgan fingerprint density at radius 1 is 1.17 bits per heavy atom. The highest BCUT2D eigenvalue weighted by molar-refractivity contribution is 7.80. The number of thiocarbonyl (C=S) groups is 1. The van der Waals surface area contributed by atoms with Crippen molar-refractivity contribution in [2.75, 3.05) is 5.32 Å². The van der Waals surface area contributed by atoms with Gasteiger partial charge < -0.3 is 15.2 Å². The van der Waals surface area contributed by atoms with Crippen molar-refractivity contribution in [2.45, 2.75) is 20.4 Å². The third-order valence-electron chi connectivity index (χ3n) is 3.30. The fourth-order valence-electron chi connectivity index (χ4n) is 2.09. The van der Waals surface area contributed by atoms with Crippen molar-refractivity contribution in [2.24, 2.45) is 0 Å². The summed E-state index contributed by atoms with van der Waals surface area (Å²) in [6.45, 7) is 4.35. The first-order valence-corrected chi connectivity index (χ1v) is 7.88. The molecule has 0 spiro atoms.